The predicted molar refractivity (Wildman–Crippen MR) is 89.9 cm³/mol. The normalized spacial score (nSPS) is 28.0. The molecule has 3 aliphatic heterocycles. The molecule has 0 N–H and O–H groups in total. The zero-order valence-corrected chi connectivity index (χ0v) is 12.9. The third-order valence-corrected chi connectivity index (χ3v) is 6.36. The van der Waals surface area contributed by atoms with Gasteiger partial charge in [0.2, 0.25) is 0 Å². The van der Waals surface area contributed by atoms with Gasteiger partial charge in [0, 0.05) is 23.1 Å². The summed E-state index contributed by atoms with van der Waals surface area (Å²) in [6.45, 7) is 4.72. The highest BCUT2D eigenvalue weighted by Gasteiger charge is 2.46. The lowest BCUT2D eigenvalue weighted by molar-refractivity contribution is 0.457. The number of benzene rings is 2. The van der Waals surface area contributed by atoms with Crippen molar-refractivity contribution in [1.29, 1.82) is 0 Å². The molecule has 0 radical (unpaired) electrons. The first-order valence-corrected chi connectivity index (χ1v) is 8.37. The minimum atomic E-state index is 0.442. The SMILES string of the molecule is CC1C2SN=C3c4ccccc4-c4cccc(c4N32)[C@@H]1C. The Morgan fingerprint density at radius 3 is 2.57 bits per heavy atom. The lowest BCUT2D eigenvalue weighted by Gasteiger charge is -2.44. The van der Waals surface area contributed by atoms with Crippen molar-refractivity contribution < 1.29 is 0 Å². The van der Waals surface area contributed by atoms with Gasteiger partial charge in [-0.2, -0.15) is 4.40 Å². The molecular formula is C18H16N2S. The Bertz CT molecular complexity index is 796. The molecule has 5 rings (SSSR count). The average Bonchev–Trinajstić information content (AvgIpc) is 2.98. The van der Waals surface area contributed by atoms with E-state index in [0.29, 0.717) is 17.2 Å². The largest absolute Gasteiger partial charge is 0.310 e. The molecule has 3 atom stereocenters. The van der Waals surface area contributed by atoms with Gasteiger partial charge in [0.25, 0.3) is 0 Å². The molecule has 2 aromatic rings. The van der Waals surface area contributed by atoms with Crippen LogP contribution in [0, 0.1) is 5.92 Å². The van der Waals surface area contributed by atoms with Gasteiger partial charge in [-0.05, 0) is 23.0 Å². The smallest absolute Gasteiger partial charge is 0.150 e. The van der Waals surface area contributed by atoms with Crippen LogP contribution in [0.3, 0.4) is 0 Å². The molecule has 0 aromatic heterocycles. The van der Waals surface area contributed by atoms with Crippen LogP contribution < -0.4 is 4.90 Å². The van der Waals surface area contributed by atoms with E-state index in [1.807, 2.05) is 0 Å². The van der Waals surface area contributed by atoms with Crippen LogP contribution >= 0.6 is 11.9 Å². The highest BCUT2D eigenvalue weighted by molar-refractivity contribution is 7.99. The molecule has 0 spiro atoms. The molecule has 3 heteroatoms. The molecule has 0 saturated carbocycles. The minimum absolute atomic E-state index is 0.442. The van der Waals surface area contributed by atoms with Crippen LogP contribution in [0.4, 0.5) is 5.69 Å². The van der Waals surface area contributed by atoms with Gasteiger partial charge in [-0.25, -0.2) is 0 Å². The number of anilines is 1. The topological polar surface area (TPSA) is 15.6 Å². The van der Waals surface area contributed by atoms with E-state index in [2.05, 4.69) is 61.2 Å². The van der Waals surface area contributed by atoms with Crippen molar-refractivity contribution in [1.82, 2.24) is 0 Å². The van der Waals surface area contributed by atoms with Gasteiger partial charge in [0.15, 0.2) is 0 Å². The molecule has 0 amide bonds. The summed E-state index contributed by atoms with van der Waals surface area (Å²) in [6.07, 6.45) is 0. The maximum absolute atomic E-state index is 4.83. The van der Waals surface area contributed by atoms with Crippen molar-refractivity contribution in [2.24, 2.45) is 10.3 Å². The van der Waals surface area contributed by atoms with Gasteiger partial charge in [0.05, 0.1) is 5.69 Å². The molecular weight excluding hydrogens is 276 g/mol. The molecule has 0 fully saturated rings. The zero-order chi connectivity index (χ0) is 14.1. The van der Waals surface area contributed by atoms with Crippen LogP contribution in [0.15, 0.2) is 46.9 Å². The molecule has 3 heterocycles. The van der Waals surface area contributed by atoms with Crippen LogP contribution in [0.25, 0.3) is 11.1 Å². The van der Waals surface area contributed by atoms with E-state index < -0.39 is 0 Å². The number of rotatable bonds is 0. The molecule has 2 unspecified atom stereocenters. The van der Waals surface area contributed by atoms with Gasteiger partial charge in [0.1, 0.15) is 11.2 Å². The summed E-state index contributed by atoms with van der Waals surface area (Å²) < 4.78 is 4.83. The summed E-state index contributed by atoms with van der Waals surface area (Å²) in [5, 5.41) is 0.442. The van der Waals surface area contributed by atoms with Crippen molar-refractivity contribution >= 4 is 23.5 Å². The Morgan fingerprint density at radius 2 is 1.71 bits per heavy atom. The summed E-state index contributed by atoms with van der Waals surface area (Å²) in [4.78, 5) is 2.49. The lowest BCUT2D eigenvalue weighted by Crippen LogP contribution is -2.46. The zero-order valence-electron chi connectivity index (χ0n) is 12.1. The Hall–Kier alpha value is -1.74. The minimum Gasteiger partial charge on any atom is -0.310 e. The maximum Gasteiger partial charge on any atom is 0.150 e. The Kier molecular flexibility index (Phi) is 2.21. The molecule has 2 aromatic carbocycles. The van der Waals surface area contributed by atoms with Crippen LogP contribution in [0.2, 0.25) is 0 Å². The molecule has 0 saturated heterocycles. The van der Waals surface area contributed by atoms with E-state index in [-0.39, 0.29) is 0 Å². The number of amidine groups is 1. The first-order chi connectivity index (χ1) is 10.3. The van der Waals surface area contributed by atoms with Gasteiger partial charge in [-0.1, -0.05) is 56.3 Å². The Labute approximate surface area is 129 Å². The van der Waals surface area contributed by atoms with Gasteiger partial charge < -0.3 is 4.90 Å². The van der Waals surface area contributed by atoms with Crippen molar-refractivity contribution in [3.05, 3.63) is 53.6 Å². The second kappa shape index (κ2) is 3.92. The summed E-state index contributed by atoms with van der Waals surface area (Å²) in [5.74, 6) is 2.33. The lowest BCUT2D eigenvalue weighted by atomic mass is 9.78. The standard InChI is InChI=1S/C18H16N2S/c1-10-11(2)18-20-16-12(10)8-5-9-14(16)13-6-3-4-7-15(13)17(20)19-21-18/h3-11,18H,1-2H3/t10-,11?,18?/m1/s1. The fraction of sp³-hybridized carbons (Fsp3) is 0.278. The van der Waals surface area contributed by atoms with E-state index in [1.165, 1.54) is 27.9 Å². The summed E-state index contributed by atoms with van der Waals surface area (Å²) in [6, 6.07) is 15.4. The quantitative estimate of drug-likeness (QED) is 0.656. The number of nitrogens with zero attached hydrogens (tertiary/aromatic N) is 2. The van der Waals surface area contributed by atoms with Crippen molar-refractivity contribution in [3.63, 3.8) is 0 Å². The molecule has 21 heavy (non-hydrogen) atoms. The Morgan fingerprint density at radius 1 is 0.952 bits per heavy atom. The second-order valence-electron chi connectivity index (χ2n) is 6.22. The van der Waals surface area contributed by atoms with Gasteiger partial charge in [-0.15, -0.1) is 0 Å². The summed E-state index contributed by atoms with van der Waals surface area (Å²) in [5.41, 5.74) is 6.84. The van der Waals surface area contributed by atoms with E-state index in [0.717, 1.165) is 5.84 Å². The predicted octanol–water partition coefficient (Wildman–Crippen LogP) is 4.66. The monoisotopic (exact) mass is 292 g/mol. The highest BCUT2D eigenvalue weighted by atomic mass is 32.2. The number of fused-ring (bicyclic) bond motifs is 3. The number of para-hydroxylation sites is 1. The third-order valence-electron chi connectivity index (χ3n) is 5.23. The second-order valence-corrected chi connectivity index (χ2v) is 7.09. The van der Waals surface area contributed by atoms with Crippen molar-refractivity contribution in [3.8, 4) is 11.1 Å². The molecule has 3 aliphatic rings. The summed E-state index contributed by atoms with van der Waals surface area (Å²) >= 11 is 1.75. The molecule has 104 valence electrons. The highest BCUT2D eigenvalue weighted by Crippen LogP contribution is 2.55. The molecule has 0 aliphatic carbocycles. The van der Waals surface area contributed by atoms with Crippen molar-refractivity contribution in [2.45, 2.75) is 25.1 Å². The third kappa shape index (κ3) is 1.33. The molecule has 2 nitrogen and oxygen atoms in total. The van der Waals surface area contributed by atoms with Gasteiger partial charge in [-0.3, -0.25) is 0 Å². The number of hydrogen-bond donors (Lipinski definition) is 0. The van der Waals surface area contributed by atoms with Crippen LogP contribution in [0.1, 0.15) is 30.9 Å². The van der Waals surface area contributed by atoms with E-state index in [9.17, 15) is 0 Å². The van der Waals surface area contributed by atoms with Crippen LogP contribution in [-0.4, -0.2) is 11.2 Å². The molecule has 0 bridgehead atoms. The van der Waals surface area contributed by atoms with E-state index in [1.54, 1.807) is 11.9 Å². The maximum atomic E-state index is 4.83. The van der Waals surface area contributed by atoms with Crippen LogP contribution in [0.5, 0.6) is 0 Å². The first kappa shape index (κ1) is 11.9. The first-order valence-electron chi connectivity index (χ1n) is 7.53. The summed E-state index contributed by atoms with van der Waals surface area (Å²) in [7, 11) is 0. The fourth-order valence-corrected chi connectivity index (χ4v) is 5.04. The van der Waals surface area contributed by atoms with Crippen LogP contribution in [-0.2, 0) is 0 Å². The van der Waals surface area contributed by atoms with Crippen molar-refractivity contribution in [2.75, 3.05) is 4.90 Å². The number of hydrogen-bond acceptors (Lipinski definition) is 3. The Balaban J connectivity index is 1.91. The van der Waals surface area contributed by atoms with E-state index >= 15 is 0 Å². The van der Waals surface area contributed by atoms with Gasteiger partial charge >= 0.3 is 0 Å². The fourth-order valence-electron chi connectivity index (χ4n) is 3.92. The van der Waals surface area contributed by atoms with E-state index in [4.69, 9.17) is 4.40 Å². The average molecular weight is 292 g/mol.